The third-order valence-corrected chi connectivity index (χ3v) is 3.07. The Balaban J connectivity index is 2.25. The average molecular weight is 156 g/mol. The number of nitrogens with zero attached hydrogens (tertiary/aromatic N) is 2. The normalized spacial score (nSPS) is 23.6. The second kappa shape index (κ2) is 3.91. The lowest BCUT2D eigenvalue weighted by molar-refractivity contribution is 0.330. The van der Waals surface area contributed by atoms with Crippen molar-refractivity contribution in [2.24, 2.45) is 5.92 Å². The van der Waals surface area contributed by atoms with Crippen LogP contribution in [0.4, 0.5) is 0 Å². The van der Waals surface area contributed by atoms with Crippen LogP contribution in [0.5, 0.6) is 0 Å². The maximum Gasteiger partial charge on any atom is 0.0656 e. The predicted octanol–water partition coefficient (Wildman–Crippen LogP) is 1.45. The molecule has 0 aliphatic carbocycles. The Morgan fingerprint density at radius 1 is 1.50 bits per heavy atom. The zero-order valence-corrected chi connectivity index (χ0v) is 7.30. The number of hydrogen-bond acceptors (Lipinski definition) is 2. The standard InChI is InChI=1S/C7H13N2P/c1-10-9-4-2-7(6-8)3-5-9/h7,10H,2-5H2,1H3. The van der Waals surface area contributed by atoms with Gasteiger partial charge in [-0.15, -0.1) is 0 Å². The summed E-state index contributed by atoms with van der Waals surface area (Å²) in [5.41, 5.74) is 0. The molecule has 2 nitrogen and oxygen atoms in total. The summed E-state index contributed by atoms with van der Waals surface area (Å²) in [6.45, 7) is 4.47. The minimum atomic E-state index is 0.340. The van der Waals surface area contributed by atoms with Gasteiger partial charge < -0.3 is 0 Å². The van der Waals surface area contributed by atoms with Crippen LogP contribution in [-0.4, -0.2) is 24.4 Å². The van der Waals surface area contributed by atoms with E-state index in [0.29, 0.717) is 5.92 Å². The van der Waals surface area contributed by atoms with Crippen LogP contribution in [-0.2, 0) is 0 Å². The molecule has 3 heteroatoms. The highest BCUT2D eigenvalue weighted by molar-refractivity contribution is 7.34. The summed E-state index contributed by atoms with van der Waals surface area (Å²) in [6, 6.07) is 2.32. The zero-order valence-electron chi connectivity index (χ0n) is 6.30. The quantitative estimate of drug-likeness (QED) is 0.537. The molecule has 0 aromatic rings. The SMILES string of the molecule is CPN1CCC(C#N)CC1. The monoisotopic (exact) mass is 156 g/mol. The fourth-order valence-electron chi connectivity index (χ4n) is 1.23. The maximum atomic E-state index is 8.58. The summed E-state index contributed by atoms with van der Waals surface area (Å²) in [7, 11) is 0.922. The van der Waals surface area contributed by atoms with Gasteiger partial charge in [0.2, 0.25) is 0 Å². The molecule has 0 aromatic carbocycles. The second-order valence-corrected chi connectivity index (χ2v) is 3.69. The number of hydrogen-bond donors (Lipinski definition) is 0. The molecule has 0 bridgehead atoms. The first-order valence-electron chi connectivity index (χ1n) is 3.68. The molecule has 0 saturated carbocycles. The molecule has 1 unspecified atom stereocenters. The lowest BCUT2D eigenvalue weighted by atomic mass is 10.0. The largest absolute Gasteiger partial charge is 0.285 e. The van der Waals surface area contributed by atoms with Gasteiger partial charge in [-0.05, 0) is 19.5 Å². The molecule has 0 aromatic heterocycles. The number of nitriles is 1. The molecular formula is C7H13N2P. The molecule has 1 saturated heterocycles. The maximum absolute atomic E-state index is 8.58. The van der Waals surface area contributed by atoms with Crippen molar-refractivity contribution in [1.82, 2.24) is 4.67 Å². The molecule has 1 rings (SSSR count). The van der Waals surface area contributed by atoms with Crippen LogP contribution in [0.3, 0.4) is 0 Å². The van der Waals surface area contributed by atoms with Crippen LogP contribution in [0.2, 0.25) is 0 Å². The van der Waals surface area contributed by atoms with E-state index in [2.05, 4.69) is 17.4 Å². The van der Waals surface area contributed by atoms with Gasteiger partial charge in [0.15, 0.2) is 0 Å². The molecule has 1 heterocycles. The van der Waals surface area contributed by atoms with Crippen LogP contribution in [0, 0.1) is 17.2 Å². The summed E-state index contributed by atoms with van der Waals surface area (Å²) >= 11 is 0. The van der Waals surface area contributed by atoms with Crippen molar-refractivity contribution in [2.45, 2.75) is 12.8 Å². The Hall–Kier alpha value is -0.120. The fraction of sp³-hybridized carbons (Fsp3) is 0.857. The first-order valence-corrected chi connectivity index (χ1v) is 5.13. The minimum Gasteiger partial charge on any atom is -0.285 e. The molecule has 0 amide bonds. The average Bonchev–Trinajstić information content (AvgIpc) is 2.05. The van der Waals surface area contributed by atoms with Crippen molar-refractivity contribution in [3.63, 3.8) is 0 Å². The van der Waals surface area contributed by atoms with Gasteiger partial charge in [-0.3, -0.25) is 4.67 Å². The topological polar surface area (TPSA) is 27.0 Å². The molecule has 1 aliphatic rings. The molecule has 1 atom stereocenters. The highest BCUT2D eigenvalue weighted by atomic mass is 31.1. The van der Waals surface area contributed by atoms with Gasteiger partial charge >= 0.3 is 0 Å². The van der Waals surface area contributed by atoms with E-state index in [0.717, 1.165) is 34.7 Å². The highest BCUT2D eigenvalue weighted by Gasteiger charge is 2.16. The summed E-state index contributed by atoms with van der Waals surface area (Å²) in [5.74, 6) is 0.340. The van der Waals surface area contributed by atoms with Gasteiger partial charge in [-0.1, -0.05) is 8.73 Å². The van der Waals surface area contributed by atoms with E-state index >= 15 is 0 Å². The van der Waals surface area contributed by atoms with E-state index < -0.39 is 0 Å². The summed E-state index contributed by atoms with van der Waals surface area (Å²) in [6.07, 6.45) is 2.16. The minimum absolute atomic E-state index is 0.340. The Morgan fingerprint density at radius 2 is 2.10 bits per heavy atom. The molecule has 10 heavy (non-hydrogen) atoms. The van der Waals surface area contributed by atoms with E-state index in [9.17, 15) is 0 Å². The number of rotatable bonds is 1. The van der Waals surface area contributed by atoms with Gasteiger partial charge in [-0.25, -0.2) is 0 Å². The Kier molecular flexibility index (Phi) is 3.12. The van der Waals surface area contributed by atoms with E-state index in [1.165, 1.54) is 0 Å². The van der Waals surface area contributed by atoms with Crippen molar-refractivity contribution < 1.29 is 0 Å². The molecule has 1 aliphatic heterocycles. The van der Waals surface area contributed by atoms with Gasteiger partial charge in [-0.2, -0.15) is 5.26 Å². The lowest BCUT2D eigenvalue weighted by Gasteiger charge is -2.27. The van der Waals surface area contributed by atoms with Crippen LogP contribution >= 0.6 is 8.73 Å². The van der Waals surface area contributed by atoms with Crippen molar-refractivity contribution in [3.05, 3.63) is 0 Å². The van der Waals surface area contributed by atoms with E-state index in [4.69, 9.17) is 5.26 Å². The highest BCUT2D eigenvalue weighted by Crippen LogP contribution is 2.23. The van der Waals surface area contributed by atoms with Crippen molar-refractivity contribution in [1.29, 1.82) is 5.26 Å². The van der Waals surface area contributed by atoms with Gasteiger partial charge in [0.25, 0.3) is 0 Å². The summed E-state index contributed by atoms with van der Waals surface area (Å²) < 4.78 is 2.42. The molecule has 1 fully saturated rings. The van der Waals surface area contributed by atoms with Gasteiger partial charge in [0, 0.05) is 19.0 Å². The summed E-state index contributed by atoms with van der Waals surface area (Å²) in [4.78, 5) is 0. The number of piperidine rings is 1. The molecule has 56 valence electrons. The predicted molar refractivity (Wildman–Crippen MR) is 44.1 cm³/mol. The zero-order chi connectivity index (χ0) is 7.40. The van der Waals surface area contributed by atoms with Crippen molar-refractivity contribution >= 4 is 8.73 Å². The van der Waals surface area contributed by atoms with Crippen molar-refractivity contribution in [2.75, 3.05) is 19.8 Å². The Bertz CT molecular complexity index is 133. The smallest absolute Gasteiger partial charge is 0.0656 e. The van der Waals surface area contributed by atoms with Gasteiger partial charge in [0.1, 0.15) is 0 Å². The third kappa shape index (κ3) is 1.94. The fourth-order valence-corrected chi connectivity index (χ4v) is 1.94. The molecule has 0 radical (unpaired) electrons. The molecule has 0 spiro atoms. The Morgan fingerprint density at radius 3 is 2.50 bits per heavy atom. The Labute approximate surface area is 64.0 Å². The van der Waals surface area contributed by atoms with Crippen LogP contribution < -0.4 is 0 Å². The first kappa shape index (κ1) is 7.98. The van der Waals surface area contributed by atoms with Gasteiger partial charge in [0.05, 0.1) is 6.07 Å². The van der Waals surface area contributed by atoms with E-state index in [1.807, 2.05) is 0 Å². The van der Waals surface area contributed by atoms with E-state index in [1.54, 1.807) is 0 Å². The lowest BCUT2D eigenvalue weighted by Crippen LogP contribution is -2.26. The summed E-state index contributed by atoms with van der Waals surface area (Å²) in [5, 5.41) is 8.58. The van der Waals surface area contributed by atoms with Crippen LogP contribution in [0.1, 0.15) is 12.8 Å². The van der Waals surface area contributed by atoms with Crippen molar-refractivity contribution in [3.8, 4) is 6.07 Å². The van der Waals surface area contributed by atoms with Crippen LogP contribution in [0.25, 0.3) is 0 Å². The first-order chi connectivity index (χ1) is 4.86. The molecule has 0 N–H and O–H groups in total. The molecular weight excluding hydrogens is 143 g/mol. The third-order valence-electron chi connectivity index (χ3n) is 1.99. The van der Waals surface area contributed by atoms with E-state index in [-0.39, 0.29) is 0 Å². The van der Waals surface area contributed by atoms with Crippen LogP contribution in [0.15, 0.2) is 0 Å². The second-order valence-electron chi connectivity index (χ2n) is 2.61.